The molecule has 0 atom stereocenters. The van der Waals surface area contributed by atoms with Gasteiger partial charge in [0, 0.05) is 16.8 Å². The Bertz CT molecular complexity index is 784. The molecule has 0 aromatic heterocycles. The Morgan fingerprint density at radius 3 is 1.91 bits per heavy atom. The van der Waals surface area contributed by atoms with Crippen molar-refractivity contribution >= 4 is 34.6 Å². The summed E-state index contributed by atoms with van der Waals surface area (Å²) in [5.41, 5.74) is 5.03. The van der Waals surface area contributed by atoms with Gasteiger partial charge in [-0.2, -0.15) is 0 Å². The maximum Gasteiger partial charge on any atom is 0.406 e. The topological polar surface area (TPSA) is 24.1 Å². The molecule has 0 radical (unpaired) electrons. The summed E-state index contributed by atoms with van der Waals surface area (Å²) >= 11 is 0. The lowest BCUT2D eigenvalue weighted by Gasteiger charge is -2.27. The Balaban J connectivity index is 1.72. The van der Waals surface area contributed by atoms with E-state index in [1.54, 1.807) is 0 Å². The average molecular weight is 286 g/mol. The summed E-state index contributed by atoms with van der Waals surface area (Å²) in [6.45, 7) is 4.56. The molecular weight excluding hydrogens is 267 g/mol. The first-order chi connectivity index (χ1) is 10.7. The zero-order chi connectivity index (χ0) is 15.1. The van der Waals surface area contributed by atoms with E-state index in [4.69, 9.17) is 0 Å². The molecule has 4 rings (SSSR count). The number of nitrogens with one attached hydrogen (secondary N) is 2. The van der Waals surface area contributed by atoms with Gasteiger partial charge in [0.15, 0.2) is 0 Å². The highest BCUT2D eigenvalue weighted by atomic mass is 15.0. The van der Waals surface area contributed by atoms with E-state index in [1.165, 1.54) is 33.2 Å². The highest BCUT2D eigenvalue weighted by Crippen LogP contribution is 2.33. The molecule has 0 spiro atoms. The minimum absolute atomic E-state index is 0.113. The van der Waals surface area contributed by atoms with Gasteiger partial charge >= 0.3 is 6.98 Å². The van der Waals surface area contributed by atoms with Crippen LogP contribution in [0.5, 0.6) is 0 Å². The van der Waals surface area contributed by atoms with Gasteiger partial charge in [-0.3, -0.25) is 0 Å². The Labute approximate surface area is 131 Å². The maximum absolute atomic E-state index is 3.62. The number of anilines is 2. The van der Waals surface area contributed by atoms with Gasteiger partial charge < -0.3 is 10.5 Å². The van der Waals surface area contributed by atoms with E-state index in [0.717, 1.165) is 0 Å². The summed E-state index contributed by atoms with van der Waals surface area (Å²) in [6, 6.07) is 21.7. The Morgan fingerprint density at radius 1 is 0.773 bits per heavy atom. The lowest BCUT2D eigenvalue weighted by Crippen LogP contribution is -2.47. The standard InChI is InChI=1S/C19H19BN2/c1-13(2)14-9-11-16(12-10-14)20-21-17-7-3-5-15-6-4-8-18(22-20)19(15)17/h3-13,21-22H,1-2H3. The number of rotatable bonds is 2. The smallest absolute Gasteiger partial charge is 0.405 e. The minimum atomic E-state index is 0.113. The summed E-state index contributed by atoms with van der Waals surface area (Å²) < 4.78 is 0. The summed E-state index contributed by atoms with van der Waals surface area (Å²) in [7, 11) is 0. The van der Waals surface area contributed by atoms with E-state index in [2.05, 4.69) is 85.0 Å². The van der Waals surface area contributed by atoms with Crippen LogP contribution in [0.4, 0.5) is 11.4 Å². The van der Waals surface area contributed by atoms with Crippen LogP contribution in [0.15, 0.2) is 60.7 Å². The fourth-order valence-corrected chi connectivity index (χ4v) is 3.17. The van der Waals surface area contributed by atoms with Crippen molar-refractivity contribution in [1.29, 1.82) is 0 Å². The van der Waals surface area contributed by atoms with E-state index >= 15 is 0 Å². The van der Waals surface area contributed by atoms with Gasteiger partial charge in [0.1, 0.15) is 0 Å². The molecule has 0 fully saturated rings. The van der Waals surface area contributed by atoms with Crippen LogP contribution in [-0.4, -0.2) is 6.98 Å². The Hall–Kier alpha value is -2.42. The highest BCUT2D eigenvalue weighted by Gasteiger charge is 2.25. The van der Waals surface area contributed by atoms with Gasteiger partial charge in [-0.05, 0) is 34.5 Å². The van der Waals surface area contributed by atoms with Crippen LogP contribution in [0.25, 0.3) is 10.8 Å². The largest absolute Gasteiger partial charge is 0.406 e. The van der Waals surface area contributed by atoms with E-state index < -0.39 is 0 Å². The van der Waals surface area contributed by atoms with Crippen LogP contribution in [0, 0.1) is 0 Å². The lowest BCUT2D eigenvalue weighted by molar-refractivity contribution is 0.867. The average Bonchev–Trinajstić information content (AvgIpc) is 2.55. The SMILES string of the molecule is CC(C)c1ccc(B2Nc3cccc4cccc(c34)N2)cc1. The molecular formula is C19H19BN2. The van der Waals surface area contributed by atoms with Gasteiger partial charge in [0.05, 0.1) is 0 Å². The molecule has 1 aliphatic rings. The first-order valence-electron chi connectivity index (χ1n) is 7.87. The molecule has 2 nitrogen and oxygen atoms in total. The zero-order valence-corrected chi connectivity index (χ0v) is 12.9. The van der Waals surface area contributed by atoms with E-state index in [9.17, 15) is 0 Å². The third-order valence-electron chi connectivity index (χ3n) is 4.44. The summed E-state index contributed by atoms with van der Waals surface area (Å²) in [5.74, 6) is 0.566. The fourth-order valence-electron chi connectivity index (χ4n) is 3.17. The molecule has 3 aromatic rings. The normalized spacial score (nSPS) is 13.1. The molecule has 2 N–H and O–H groups in total. The molecule has 1 heterocycles. The summed E-state index contributed by atoms with van der Waals surface area (Å²) in [5, 5.41) is 9.78. The molecule has 0 amide bonds. The highest BCUT2D eigenvalue weighted by molar-refractivity contribution is 6.80. The third kappa shape index (κ3) is 2.14. The van der Waals surface area contributed by atoms with Crippen molar-refractivity contribution < 1.29 is 0 Å². The van der Waals surface area contributed by atoms with Crippen LogP contribution in [0.2, 0.25) is 0 Å². The second-order valence-corrected chi connectivity index (χ2v) is 6.25. The zero-order valence-electron chi connectivity index (χ0n) is 12.9. The number of benzene rings is 3. The Morgan fingerprint density at radius 2 is 1.36 bits per heavy atom. The molecule has 0 bridgehead atoms. The third-order valence-corrected chi connectivity index (χ3v) is 4.44. The molecule has 3 aromatic carbocycles. The van der Waals surface area contributed by atoms with Crippen LogP contribution in [-0.2, 0) is 0 Å². The molecule has 1 aliphatic heterocycles. The van der Waals surface area contributed by atoms with Crippen molar-refractivity contribution in [3.63, 3.8) is 0 Å². The van der Waals surface area contributed by atoms with Crippen LogP contribution < -0.4 is 15.9 Å². The van der Waals surface area contributed by atoms with Gasteiger partial charge in [-0.15, -0.1) is 0 Å². The molecule has 3 heteroatoms. The molecule has 0 aliphatic carbocycles. The molecule has 0 saturated carbocycles. The molecule has 0 saturated heterocycles. The summed E-state index contributed by atoms with van der Waals surface area (Å²) in [6.07, 6.45) is 0. The van der Waals surface area contributed by atoms with Gasteiger partial charge in [0.2, 0.25) is 0 Å². The maximum atomic E-state index is 3.62. The predicted octanol–water partition coefficient (Wildman–Crippen LogP) is 4.20. The minimum Gasteiger partial charge on any atom is -0.405 e. The van der Waals surface area contributed by atoms with Crippen LogP contribution >= 0.6 is 0 Å². The quantitative estimate of drug-likeness (QED) is 0.690. The van der Waals surface area contributed by atoms with E-state index in [1.807, 2.05) is 0 Å². The predicted molar refractivity (Wildman–Crippen MR) is 97.1 cm³/mol. The first kappa shape index (κ1) is 13.3. The van der Waals surface area contributed by atoms with Crippen molar-refractivity contribution in [2.45, 2.75) is 19.8 Å². The van der Waals surface area contributed by atoms with E-state index in [-0.39, 0.29) is 6.98 Å². The lowest BCUT2D eigenvalue weighted by atomic mass is 9.66. The fraction of sp³-hybridized carbons (Fsp3) is 0.158. The Kier molecular flexibility index (Phi) is 3.07. The first-order valence-corrected chi connectivity index (χ1v) is 7.87. The van der Waals surface area contributed by atoms with Crippen LogP contribution in [0.3, 0.4) is 0 Å². The van der Waals surface area contributed by atoms with Crippen molar-refractivity contribution in [2.24, 2.45) is 0 Å². The number of hydrogen-bond acceptors (Lipinski definition) is 2. The van der Waals surface area contributed by atoms with Crippen molar-refractivity contribution in [3.8, 4) is 0 Å². The molecule has 0 unspecified atom stereocenters. The second-order valence-electron chi connectivity index (χ2n) is 6.25. The second kappa shape index (κ2) is 5.10. The van der Waals surface area contributed by atoms with Crippen molar-refractivity contribution in [3.05, 3.63) is 66.2 Å². The monoisotopic (exact) mass is 286 g/mol. The molecule has 108 valence electrons. The summed E-state index contributed by atoms with van der Waals surface area (Å²) in [4.78, 5) is 0. The molecule has 22 heavy (non-hydrogen) atoms. The van der Waals surface area contributed by atoms with Gasteiger partial charge in [0.25, 0.3) is 0 Å². The van der Waals surface area contributed by atoms with Crippen molar-refractivity contribution in [2.75, 3.05) is 10.5 Å². The van der Waals surface area contributed by atoms with E-state index in [0.29, 0.717) is 5.92 Å². The number of hydrogen-bond donors (Lipinski definition) is 2. The van der Waals surface area contributed by atoms with Crippen molar-refractivity contribution in [1.82, 2.24) is 0 Å². The van der Waals surface area contributed by atoms with Gasteiger partial charge in [-0.1, -0.05) is 62.4 Å². The van der Waals surface area contributed by atoms with Gasteiger partial charge in [-0.25, -0.2) is 0 Å². The van der Waals surface area contributed by atoms with Crippen LogP contribution in [0.1, 0.15) is 25.3 Å².